The van der Waals surface area contributed by atoms with Gasteiger partial charge < -0.3 is 5.32 Å². The first kappa shape index (κ1) is 9.78. The molecule has 0 saturated heterocycles. The highest BCUT2D eigenvalue weighted by molar-refractivity contribution is 9.10. The Hall–Kier alpha value is -0.760. The monoisotopic (exact) mass is 251 g/mol. The lowest BCUT2D eigenvalue weighted by Gasteiger charge is -2.11. The van der Waals surface area contributed by atoms with Crippen molar-refractivity contribution in [2.24, 2.45) is 0 Å². The van der Waals surface area contributed by atoms with Gasteiger partial charge in [-0.15, -0.1) is 0 Å². The molecule has 1 aliphatic rings. The lowest BCUT2D eigenvalue weighted by Crippen LogP contribution is -1.95. The third-order valence-corrected chi connectivity index (χ3v) is 3.31. The van der Waals surface area contributed by atoms with Gasteiger partial charge in [-0.1, -0.05) is 18.2 Å². The molecule has 0 bridgehead atoms. The number of hydrogen-bond acceptors (Lipinski definition) is 1. The molecule has 74 valence electrons. The summed E-state index contributed by atoms with van der Waals surface area (Å²) in [6.07, 6.45) is 6.09. The van der Waals surface area contributed by atoms with Gasteiger partial charge in [0.1, 0.15) is 0 Å². The summed E-state index contributed by atoms with van der Waals surface area (Å²) >= 11 is 3.56. The number of anilines is 1. The molecule has 1 aliphatic carbocycles. The third-order valence-electron chi connectivity index (χ3n) is 2.65. The van der Waals surface area contributed by atoms with Crippen LogP contribution < -0.4 is 5.32 Å². The summed E-state index contributed by atoms with van der Waals surface area (Å²) in [7, 11) is 1.97. The Labute approximate surface area is 93.3 Å². The van der Waals surface area contributed by atoms with Crippen LogP contribution in [0.4, 0.5) is 5.69 Å². The summed E-state index contributed by atoms with van der Waals surface area (Å²) in [6.45, 7) is 0. The quantitative estimate of drug-likeness (QED) is 0.836. The van der Waals surface area contributed by atoms with Gasteiger partial charge in [0.25, 0.3) is 0 Å². The summed E-state index contributed by atoms with van der Waals surface area (Å²) in [6, 6.07) is 6.36. The van der Waals surface area contributed by atoms with Crippen LogP contribution in [-0.4, -0.2) is 7.05 Å². The molecule has 0 amide bonds. The van der Waals surface area contributed by atoms with Gasteiger partial charge in [0, 0.05) is 17.1 Å². The van der Waals surface area contributed by atoms with Gasteiger partial charge in [0.2, 0.25) is 0 Å². The Kier molecular flexibility index (Phi) is 2.92. The smallest absolute Gasteiger partial charge is 0.0558 e. The summed E-state index contributed by atoms with van der Waals surface area (Å²) in [5.41, 5.74) is 4.04. The largest absolute Gasteiger partial charge is 0.387 e. The van der Waals surface area contributed by atoms with Crippen molar-refractivity contribution in [3.8, 4) is 0 Å². The van der Waals surface area contributed by atoms with Gasteiger partial charge in [0.15, 0.2) is 0 Å². The third kappa shape index (κ3) is 1.71. The van der Waals surface area contributed by atoms with Crippen LogP contribution in [0.2, 0.25) is 0 Å². The summed E-state index contributed by atoms with van der Waals surface area (Å²) < 4.78 is 1.14. The van der Waals surface area contributed by atoms with E-state index in [0.717, 1.165) is 4.47 Å². The topological polar surface area (TPSA) is 12.0 Å². The van der Waals surface area contributed by atoms with Gasteiger partial charge in [-0.3, -0.25) is 0 Å². The van der Waals surface area contributed by atoms with E-state index in [1.165, 1.54) is 36.1 Å². The van der Waals surface area contributed by atoms with Crippen LogP contribution in [0, 0.1) is 0 Å². The molecular weight excluding hydrogens is 238 g/mol. The standard InChI is InChI=1S/C12H14BrN/c1-14-12-10(7-4-8-11(12)13)9-5-2-3-6-9/h4-5,7-8,14H,2-3,6H2,1H3. The van der Waals surface area contributed by atoms with Gasteiger partial charge in [0.05, 0.1) is 5.69 Å². The van der Waals surface area contributed by atoms with Gasteiger partial charge in [-0.25, -0.2) is 0 Å². The zero-order valence-electron chi connectivity index (χ0n) is 8.31. The first-order valence-corrected chi connectivity index (χ1v) is 5.78. The van der Waals surface area contributed by atoms with Crippen LogP contribution in [0.3, 0.4) is 0 Å². The number of nitrogens with one attached hydrogen (secondary N) is 1. The number of hydrogen-bond donors (Lipinski definition) is 1. The van der Waals surface area contributed by atoms with E-state index in [1.807, 2.05) is 7.05 Å². The molecule has 1 aromatic carbocycles. The Morgan fingerprint density at radius 3 is 2.86 bits per heavy atom. The molecule has 0 unspecified atom stereocenters. The molecule has 2 rings (SSSR count). The highest BCUT2D eigenvalue weighted by Crippen LogP contribution is 2.35. The van der Waals surface area contributed by atoms with Crippen molar-refractivity contribution in [1.29, 1.82) is 0 Å². The van der Waals surface area contributed by atoms with Crippen LogP contribution in [-0.2, 0) is 0 Å². The summed E-state index contributed by atoms with van der Waals surface area (Å²) in [4.78, 5) is 0. The fraction of sp³-hybridized carbons (Fsp3) is 0.333. The van der Waals surface area contributed by atoms with E-state index in [2.05, 4.69) is 45.5 Å². The second kappa shape index (κ2) is 4.18. The van der Waals surface area contributed by atoms with E-state index in [4.69, 9.17) is 0 Å². The fourth-order valence-corrected chi connectivity index (χ4v) is 2.53. The molecule has 0 atom stereocenters. The average Bonchev–Trinajstić information content (AvgIpc) is 2.70. The van der Waals surface area contributed by atoms with Crippen molar-refractivity contribution in [1.82, 2.24) is 0 Å². The maximum atomic E-state index is 3.56. The van der Waals surface area contributed by atoms with Crippen LogP contribution in [0.15, 0.2) is 28.7 Å². The zero-order valence-corrected chi connectivity index (χ0v) is 9.89. The van der Waals surface area contributed by atoms with Crippen LogP contribution in [0.1, 0.15) is 24.8 Å². The second-order valence-electron chi connectivity index (χ2n) is 3.53. The number of benzene rings is 1. The van der Waals surface area contributed by atoms with Crippen molar-refractivity contribution in [2.45, 2.75) is 19.3 Å². The Bertz CT molecular complexity index is 369. The lowest BCUT2D eigenvalue weighted by molar-refractivity contribution is 0.935. The molecule has 1 aromatic rings. The average molecular weight is 252 g/mol. The van der Waals surface area contributed by atoms with Gasteiger partial charge in [-0.05, 0) is 46.8 Å². The van der Waals surface area contributed by atoms with Crippen molar-refractivity contribution < 1.29 is 0 Å². The molecule has 1 nitrogen and oxygen atoms in total. The first-order valence-electron chi connectivity index (χ1n) is 4.98. The van der Waals surface area contributed by atoms with Gasteiger partial charge in [-0.2, -0.15) is 0 Å². The minimum Gasteiger partial charge on any atom is -0.387 e. The van der Waals surface area contributed by atoms with Gasteiger partial charge >= 0.3 is 0 Å². The van der Waals surface area contributed by atoms with E-state index in [9.17, 15) is 0 Å². The van der Waals surface area contributed by atoms with Crippen molar-refractivity contribution >= 4 is 27.2 Å². The molecule has 2 heteroatoms. The van der Waals surface area contributed by atoms with Crippen molar-refractivity contribution in [3.63, 3.8) is 0 Å². The maximum Gasteiger partial charge on any atom is 0.0558 e. The first-order chi connectivity index (χ1) is 6.83. The van der Waals surface area contributed by atoms with E-state index >= 15 is 0 Å². The fourth-order valence-electron chi connectivity index (χ4n) is 1.96. The number of para-hydroxylation sites is 1. The SMILES string of the molecule is CNc1c(Br)cccc1C1=CCCC1. The lowest BCUT2D eigenvalue weighted by atomic mass is 10.0. The minimum atomic E-state index is 1.14. The van der Waals surface area contributed by atoms with E-state index in [-0.39, 0.29) is 0 Å². The molecule has 0 aliphatic heterocycles. The molecule has 1 N–H and O–H groups in total. The minimum absolute atomic E-state index is 1.14. The zero-order chi connectivity index (χ0) is 9.97. The molecule has 0 radical (unpaired) electrons. The Morgan fingerprint density at radius 1 is 1.36 bits per heavy atom. The number of rotatable bonds is 2. The van der Waals surface area contributed by atoms with Crippen LogP contribution in [0.5, 0.6) is 0 Å². The molecule has 14 heavy (non-hydrogen) atoms. The molecule has 0 saturated carbocycles. The van der Waals surface area contributed by atoms with Crippen molar-refractivity contribution in [2.75, 3.05) is 12.4 Å². The number of allylic oxidation sites excluding steroid dienone is 2. The van der Waals surface area contributed by atoms with Crippen LogP contribution in [0.25, 0.3) is 5.57 Å². The maximum absolute atomic E-state index is 3.56. The normalized spacial score (nSPS) is 15.4. The molecule has 0 heterocycles. The van der Waals surface area contributed by atoms with E-state index in [1.54, 1.807) is 0 Å². The predicted molar refractivity (Wildman–Crippen MR) is 65.5 cm³/mol. The highest BCUT2D eigenvalue weighted by Gasteiger charge is 2.12. The molecule has 0 spiro atoms. The van der Waals surface area contributed by atoms with E-state index in [0.29, 0.717) is 0 Å². The molecular formula is C12H14BrN. The summed E-state index contributed by atoms with van der Waals surface area (Å²) in [5.74, 6) is 0. The number of halogens is 1. The second-order valence-corrected chi connectivity index (χ2v) is 4.39. The summed E-state index contributed by atoms with van der Waals surface area (Å²) in [5, 5.41) is 3.25. The molecule has 0 aromatic heterocycles. The molecule has 0 fully saturated rings. The highest BCUT2D eigenvalue weighted by atomic mass is 79.9. The van der Waals surface area contributed by atoms with Crippen molar-refractivity contribution in [3.05, 3.63) is 34.3 Å². The van der Waals surface area contributed by atoms with Crippen LogP contribution >= 0.6 is 15.9 Å². The Morgan fingerprint density at radius 2 is 2.21 bits per heavy atom. The Balaban J connectivity index is 2.46. The van der Waals surface area contributed by atoms with E-state index < -0.39 is 0 Å². The predicted octanol–water partition coefficient (Wildman–Crippen LogP) is 4.06.